The van der Waals surface area contributed by atoms with Gasteiger partial charge in [0.1, 0.15) is 0 Å². The van der Waals surface area contributed by atoms with Crippen LogP contribution in [0.25, 0.3) is 0 Å². The summed E-state index contributed by atoms with van der Waals surface area (Å²) >= 11 is 1.81. The maximum absolute atomic E-state index is 5.74. The minimum atomic E-state index is 0.181. The van der Waals surface area contributed by atoms with E-state index in [1.165, 1.54) is 4.88 Å². The number of nitrogens with zero attached hydrogens (tertiary/aromatic N) is 2. The molecule has 0 amide bonds. The summed E-state index contributed by atoms with van der Waals surface area (Å²) in [7, 11) is 0. The number of imidazole rings is 1. The van der Waals surface area contributed by atoms with Gasteiger partial charge in [-0.05, 0) is 24.8 Å². The van der Waals surface area contributed by atoms with Gasteiger partial charge in [0.25, 0.3) is 0 Å². The number of hydrogen-bond donors (Lipinski definition) is 1. The van der Waals surface area contributed by atoms with Crippen LogP contribution in [0, 0.1) is 0 Å². The first kappa shape index (κ1) is 11.4. The summed E-state index contributed by atoms with van der Waals surface area (Å²) in [5.74, 6) is 0. The van der Waals surface area contributed by atoms with Gasteiger partial charge in [0.2, 0.25) is 0 Å². The molecule has 0 saturated carbocycles. The summed E-state index contributed by atoms with van der Waals surface area (Å²) in [6.07, 6.45) is 5.92. The van der Waals surface area contributed by atoms with E-state index in [1.807, 2.05) is 13.3 Å². The Morgan fingerprint density at radius 3 is 3.12 bits per heavy atom. The van der Waals surface area contributed by atoms with E-state index < -0.39 is 0 Å². The van der Waals surface area contributed by atoms with Gasteiger partial charge < -0.3 is 10.3 Å². The van der Waals surface area contributed by atoms with E-state index in [0.29, 0.717) is 0 Å². The highest BCUT2D eigenvalue weighted by atomic mass is 32.1. The zero-order chi connectivity index (χ0) is 11.4. The Morgan fingerprint density at radius 1 is 1.56 bits per heavy atom. The molecule has 2 rings (SSSR count). The standard InChI is InChI=1S/C12H17N3S/c1-10(13)7-11-8-15(9-14-11)5-4-12-3-2-6-16-12/h2-3,6,8-10H,4-5,7,13H2,1H3. The number of nitrogens with two attached hydrogens (primary N) is 1. The molecule has 0 aromatic carbocycles. The maximum Gasteiger partial charge on any atom is 0.0949 e. The molecule has 0 fully saturated rings. The fourth-order valence-corrected chi connectivity index (χ4v) is 2.36. The quantitative estimate of drug-likeness (QED) is 0.862. The molecular weight excluding hydrogens is 218 g/mol. The Balaban J connectivity index is 1.88. The average molecular weight is 235 g/mol. The fraction of sp³-hybridized carbons (Fsp3) is 0.417. The monoisotopic (exact) mass is 235 g/mol. The molecule has 0 spiro atoms. The van der Waals surface area contributed by atoms with Crippen LogP contribution in [0.5, 0.6) is 0 Å². The van der Waals surface area contributed by atoms with Crippen molar-refractivity contribution in [3.63, 3.8) is 0 Å². The van der Waals surface area contributed by atoms with Crippen molar-refractivity contribution in [2.75, 3.05) is 0 Å². The third-order valence-corrected chi connectivity index (χ3v) is 3.35. The van der Waals surface area contributed by atoms with Gasteiger partial charge in [0, 0.05) is 30.1 Å². The molecule has 16 heavy (non-hydrogen) atoms. The van der Waals surface area contributed by atoms with Crippen molar-refractivity contribution in [1.82, 2.24) is 9.55 Å². The van der Waals surface area contributed by atoms with E-state index in [9.17, 15) is 0 Å². The normalized spacial score (nSPS) is 12.9. The van der Waals surface area contributed by atoms with Crippen molar-refractivity contribution in [3.8, 4) is 0 Å². The molecule has 2 aromatic rings. The number of hydrogen-bond acceptors (Lipinski definition) is 3. The molecule has 0 bridgehead atoms. The summed E-state index contributed by atoms with van der Waals surface area (Å²) in [6, 6.07) is 4.44. The lowest BCUT2D eigenvalue weighted by Crippen LogP contribution is -2.17. The van der Waals surface area contributed by atoms with Crippen LogP contribution in [0.3, 0.4) is 0 Å². The van der Waals surface area contributed by atoms with Crippen molar-refractivity contribution >= 4 is 11.3 Å². The van der Waals surface area contributed by atoms with Gasteiger partial charge >= 0.3 is 0 Å². The maximum atomic E-state index is 5.74. The number of thiophene rings is 1. The van der Waals surface area contributed by atoms with Crippen molar-refractivity contribution in [2.24, 2.45) is 5.73 Å². The molecule has 0 aliphatic rings. The van der Waals surface area contributed by atoms with Gasteiger partial charge in [0.15, 0.2) is 0 Å². The zero-order valence-corrected chi connectivity index (χ0v) is 10.3. The Labute approximate surface area is 99.9 Å². The Morgan fingerprint density at radius 2 is 2.44 bits per heavy atom. The lowest BCUT2D eigenvalue weighted by atomic mass is 10.2. The predicted molar refractivity (Wildman–Crippen MR) is 67.6 cm³/mol. The van der Waals surface area contributed by atoms with Crippen LogP contribution in [0.1, 0.15) is 17.5 Å². The van der Waals surface area contributed by atoms with Crippen LogP contribution in [0.2, 0.25) is 0 Å². The van der Waals surface area contributed by atoms with E-state index in [2.05, 4.69) is 33.3 Å². The van der Waals surface area contributed by atoms with Crippen molar-refractivity contribution in [3.05, 3.63) is 40.6 Å². The highest BCUT2D eigenvalue weighted by molar-refractivity contribution is 7.09. The van der Waals surface area contributed by atoms with Gasteiger partial charge in [-0.2, -0.15) is 0 Å². The summed E-state index contributed by atoms with van der Waals surface area (Å²) in [6.45, 7) is 3.00. The third-order valence-electron chi connectivity index (χ3n) is 2.41. The minimum Gasteiger partial charge on any atom is -0.337 e. The number of aromatic nitrogens is 2. The first-order chi connectivity index (χ1) is 7.74. The lowest BCUT2D eigenvalue weighted by Gasteiger charge is -2.01. The molecule has 0 saturated heterocycles. The Bertz CT molecular complexity index is 417. The van der Waals surface area contributed by atoms with Crippen molar-refractivity contribution < 1.29 is 0 Å². The highest BCUT2D eigenvalue weighted by Crippen LogP contribution is 2.10. The molecule has 2 N–H and O–H groups in total. The summed E-state index contributed by atoms with van der Waals surface area (Å²) in [4.78, 5) is 5.76. The average Bonchev–Trinajstić information content (AvgIpc) is 2.84. The summed E-state index contributed by atoms with van der Waals surface area (Å²) in [5, 5.41) is 2.12. The summed E-state index contributed by atoms with van der Waals surface area (Å²) in [5.41, 5.74) is 6.82. The first-order valence-corrected chi connectivity index (χ1v) is 6.40. The van der Waals surface area contributed by atoms with Crippen LogP contribution in [0.15, 0.2) is 30.0 Å². The molecule has 0 aliphatic carbocycles. The van der Waals surface area contributed by atoms with E-state index in [4.69, 9.17) is 5.73 Å². The molecule has 2 heterocycles. The number of rotatable bonds is 5. The Hall–Kier alpha value is -1.13. The second kappa shape index (κ2) is 5.27. The second-order valence-corrected chi connectivity index (χ2v) is 5.15. The molecule has 1 atom stereocenters. The van der Waals surface area contributed by atoms with Crippen molar-refractivity contribution in [1.29, 1.82) is 0 Å². The minimum absolute atomic E-state index is 0.181. The first-order valence-electron chi connectivity index (χ1n) is 5.52. The van der Waals surface area contributed by atoms with Gasteiger partial charge in [-0.15, -0.1) is 11.3 Å². The van der Waals surface area contributed by atoms with E-state index in [1.54, 1.807) is 11.3 Å². The van der Waals surface area contributed by atoms with Gasteiger partial charge in [-0.1, -0.05) is 6.07 Å². The van der Waals surface area contributed by atoms with E-state index in [0.717, 1.165) is 25.1 Å². The zero-order valence-electron chi connectivity index (χ0n) is 9.47. The van der Waals surface area contributed by atoms with Crippen LogP contribution >= 0.6 is 11.3 Å². The van der Waals surface area contributed by atoms with Gasteiger partial charge in [-0.3, -0.25) is 0 Å². The smallest absolute Gasteiger partial charge is 0.0949 e. The van der Waals surface area contributed by atoms with Gasteiger partial charge in [0.05, 0.1) is 12.0 Å². The van der Waals surface area contributed by atoms with E-state index >= 15 is 0 Å². The highest BCUT2D eigenvalue weighted by Gasteiger charge is 2.02. The molecular formula is C12H17N3S. The molecule has 2 aromatic heterocycles. The van der Waals surface area contributed by atoms with E-state index in [-0.39, 0.29) is 6.04 Å². The fourth-order valence-electron chi connectivity index (χ4n) is 1.66. The number of aryl methyl sites for hydroxylation is 2. The van der Waals surface area contributed by atoms with Crippen LogP contribution < -0.4 is 5.73 Å². The van der Waals surface area contributed by atoms with Crippen LogP contribution in [-0.2, 0) is 19.4 Å². The molecule has 0 radical (unpaired) electrons. The van der Waals surface area contributed by atoms with Crippen molar-refractivity contribution in [2.45, 2.75) is 32.4 Å². The second-order valence-electron chi connectivity index (χ2n) is 4.11. The SMILES string of the molecule is CC(N)Cc1cn(CCc2cccs2)cn1. The van der Waals surface area contributed by atoms with Crippen LogP contribution in [0.4, 0.5) is 0 Å². The molecule has 4 heteroatoms. The molecule has 86 valence electrons. The largest absolute Gasteiger partial charge is 0.337 e. The lowest BCUT2D eigenvalue weighted by molar-refractivity contribution is 0.696. The Kier molecular flexibility index (Phi) is 3.74. The van der Waals surface area contributed by atoms with Gasteiger partial charge in [-0.25, -0.2) is 4.98 Å². The molecule has 1 unspecified atom stereocenters. The summed E-state index contributed by atoms with van der Waals surface area (Å²) < 4.78 is 2.14. The van der Waals surface area contributed by atoms with Crippen LogP contribution in [-0.4, -0.2) is 15.6 Å². The predicted octanol–water partition coefficient (Wildman–Crippen LogP) is 2.08. The molecule has 0 aliphatic heterocycles. The third kappa shape index (κ3) is 3.18. The topological polar surface area (TPSA) is 43.8 Å². The molecule has 3 nitrogen and oxygen atoms in total.